The first-order valence-electron chi connectivity index (χ1n) is 7.03. The monoisotopic (exact) mass is 274 g/mol. The molecule has 19 heavy (non-hydrogen) atoms. The van der Waals surface area contributed by atoms with Crippen molar-refractivity contribution in [1.82, 2.24) is 0 Å². The van der Waals surface area contributed by atoms with Crippen LogP contribution in [0.3, 0.4) is 0 Å². The van der Waals surface area contributed by atoms with Crippen molar-refractivity contribution in [3.05, 3.63) is 48.0 Å². The molecule has 0 aliphatic heterocycles. The van der Waals surface area contributed by atoms with Gasteiger partial charge in [0.25, 0.3) is 0 Å². The van der Waals surface area contributed by atoms with Crippen LogP contribution in [-0.4, -0.2) is 16.6 Å². The predicted molar refractivity (Wildman–Crippen MR) is 82.9 cm³/mol. The lowest BCUT2D eigenvalue weighted by atomic mass is 9.98. The highest BCUT2D eigenvalue weighted by Crippen LogP contribution is 2.29. The second-order valence-corrected chi connectivity index (χ2v) is 5.60. The highest BCUT2D eigenvalue weighted by atomic mass is 28.3. The standard InChI is InChI=1S/C16H22O2Si/c1-3-8-16(18-19-17-4-2)15-12-7-10-13-9-5-6-11-14(13)15/h5-7,9-12,16H,3-4,8,19H2,1-2H3. The zero-order chi connectivity index (χ0) is 13.5. The fraction of sp³-hybridized carbons (Fsp3) is 0.375. The predicted octanol–water partition coefficient (Wildman–Crippen LogP) is 3.73. The van der Waals surface area contributed by atoms with Crippen molar-refractivity contribution < 1.29 is 8.85 Å². The lowest BCUT2D eigenvalue weighted by Crippen LogP contribution is -2.11. The molecule has 2 nitrogen and oxygen atoms in total. The van der Waals surface area contributed by atoms with Crippen molar-refractivity contribution in [3.8, 4) is 0 Å². The van der Waals surface area contributed by atoms with Gasteiger partial charge in [0, 0.05) is 6.61 Å². The summed E-state index contributed by atoms with van der Waals surface area (Å²) >= 11 is 0. The summed E-state index contributed by atoms with van der Waals surface area (Å²) in [6.45, 7) is 4.97. The average Bonchev–Trinajstić information content (AvgIpc) is 2.46. The van der Waals surface area contributed by atoms with Gasteiger partial charge < -0.3 is 8.85 Å². The third-order valence-corrected chi connectivity index (χ3v) is 4.39. The molecule has 1 unspecified atom stereocenters. The first-order chi connectivity index (χ1) is 9.36. The third kappa shape index (κ3) is 3.66. The molecule has 0 fully saturated rings. The minimum atomic E-state index is -0.867. The van der Waals surface area contributed by atoms with Crippen LogP contribution in [0.2, 0.25) is 0 Å². The number of rotatable bonds is 7. The summed E-state index contributed by atoms with van der Waals surface area (Å²) < 4.78 is 11.5. The largest absolute Gasteiger partial charge is 0.399 e. The van der Waals surface area contributed by atoms with Crippen LogP contribution in [0.15, 0.2) is 42.5 Å². The summed E-state index contributed by atoms with van der Waals surface area (Å²) in [6, 6.07) is 15.0. The van der Waals surface area contributed by atoms with E-state index in [-0.39, 0.29) is 6.10 Å². The van der Waals surface area contributed by atoms with Crippen molar-refractivity contribution in [3.63, 3.8) is 0 Å². The van der Waals surface area contributed by atoms with Crippen LogP contribution in [0, 0.1) is 0 Å². The molecule has 0 heterocycles. The summed E-state index contributed by atoms with van der Waals surface area (Å²) in [6.07, 6.45) is 2.34. The van der Waals surface area contributed by atoms with E-state index in [4.69, 9.17) is 8.85 Å². The molecule has 0 bridgehead atoms. The molecule has 0 N–H and O–H groups in total. The molecule has 2 aromatic carbocycles. The average molecular weight is 274 g/mol. The van der Waals surface area contributed by atoms with Gasteiger partial charge in [0.15, 0.2) is 0 Å². The van der Waals surface area contributed by atoms with Crippen LogP contribution >= 0.6 is 0 Å². The summed E-state index contributed by atoms with van der Waals surface area (Å²) in [4.78, 5) is 0. The maximum Gasteiger partial charge on any atom is 0.304 e. The summed E-state index contributed by atoms with van der Waals surface area (Å²) in [7, 11) is -0.867. The molecule has 2 aromatic rings. The molecule has 0 saturated carbocycles. The molecule has 0 spiro atoms. The van der Waals surface area contributed by atoms with Gasteiger partial charge in [-0.15, -0.1) is 0 Å². The van der Waals surface area contributed by atoms with Gasteiger partial charge in [0.05, 0.1) is 6.10 Å². The van der Waals surface area contributed by atoms with Crippen molar-refractivity contribution in [1.29, 1.82) is 0 Å². The summed E-state index contributed by atoms with van der Waals surface area (Å²) in [5, 5.41) is 2.58. The van der Waals surface area contributed by atoms with Crippen molar-refractivity contribution in [2.45, 2.75) is 32.8 Å². The van der Waals surface area contributed by atoms with Gasteiger partial charge in [-0.1, -0.05) is 55.8 Å². The highest BCUT2D eigenvalue weighted by molar-refractivity contribution is 6.18. The molecular weight excluding hydrogens is 252 g/mol. The van der Waals surface area contributed by atoms with Gasteiger partial charge in [0.1, 0.15) is 0 Å². The molecule has 3 heteroatoms. The second kappa shape index (κ2) is 7.43. The van der Waals surface area contributed by atoms with Crippen LogP contribution in [0.1, 0.15) is 38.4 Å². The van der Waals surface area contributed by atoms with E-state index in [1.54, 1.807) is 0 Å². The molecule has 0 aliphatic rings. The Morgan fingerprint density at radius 2 is 1.84 bits per heavy atom. The van der Waals surface area contributed by atoms with E-state index in [0.717, 1.165) is 19.4 Å². The Hall–Kier alpha value is -1.16. The molecule has 1 atom stereocenters. The van der Waals surface area contributed by atoms with E-state index in [0.29, 0.717) is 0 Å². The topological polar surface area (TPSA) is 18.5 Å². The van der Waals surface area contributed by atoms with E-state index in [9.17, 15) is 0 Å². The first-order valence-corrected chi connectivity index (χ1v) is 8.19. The van der Waals surface area contributed by atoms with E-state index in [1.165, 1.54) is 16.3 Å². The zero-order valence-corrected chi connectivity index (χ0v) is 13.2. The SMILES string of the molecule is CCCC(O[SiH2]OCC)c1cccc2ccccc12. The zero-order valence-electron chi connectivity index (χ0n) is 11.8. The Balaban J connectivity index is 2.27. The minimum absolute atomic E-state index is 0.175. The normalized spacial score (nSPS) is 13.4. The van der Waals surface area contributed by atoms with Crippen LogP contribution < -0.4 is 0 Å². The highest BCUT2D eigenvalue weighted by Gasteiger charge is 2.13. The van der Waals surface area contributed by atoms with Gasteiger partial charge in [-0.2, -0.15) is 0 Å². The lowest BCUT2D eigenvalue weighted by molar-refractivity contribution is 0.153. The van der Waals surface area contributed by atoms with E-state index in [1.807, 2.05) is 6.92 Å². The molecule has 0 saturated heterocycles. The maximum absolute atomic E-state index is 6.03. The molecule has 0 radical (unpaired) electrons. The third-order valence-electron chi connectivity index (χ3n) is 3.28. The Bertz CT molecular complexity index is 508. The van der Waals surface area contributed by atoms with E-state index >= 15 is 0 Å². The molecule has 102 valence electrons. The Labute approximate surface area is 117 Å². The molecular formula is C16H22O2Si. The van der Waals surface area contributed by atoms with E-state index < -0.39 is 10.0 Å². The van der Waals surface area contributed by atoms with Gasteiger partial charge in [0.2, 0.25) is 0 Å². The smallest absolute Gasteiger partial charge is 0.304 e. The van der Waals surface area contributed by atoms with Gasteiger partial charge in [-0.3, -0.25) is 0 Å². The molecule has 0 aromatic heterocycles. The number of benzene rings is 2. The first kappa shape index (κ1) is 14.3. The quantitative estimate of drug-likeness (QED) is 0.566. The Morgan fingerprint density at radius 3 is 2.63 bits per heavy atom. The van der Waals surface area contributed by atoms with Gasteiger partial charge in [-0.25, -0.2) is 0 Å². The molecule has 2 rings (SSSR count). The lowest BCUT2D eigenvalue weighted by Gasteiger charge is -2.19. The second-order valence-electron chi connectivity index (χ2n) is 4.62. The Kier molecular flexibility index (Phi) is 5.57. The fourth-order valence-electron chi connectivity index (χ4n) is 2.34. The van der Waals surface area contributed by atoms with Crippen molar-refractivity contribution >= 4 is 20.8 Å². The number of hydrogen-bond acceptors (Lipinski definition) is 2. The number of hydrogen-bond donors (Lipinski definition) is 0. The fourth-order valence-corrected chi connectivity index (χ4v) is 3.11. The minimum Gasteiger partial charge on any atom is -0.399 e. The summed E-state index contributed by atoms with van der Waals surface area (Å²) in [5.41, 5.74) is 1.30. The molecule has 0 amide bonds. The molecule has 0 aliphatic carbocycles. The van der Waals surface area contributed by atoms with Crippen LogP contribution in [0.25, 0.3) is 10.8 Å². The Morgan fingerprint density at radius 1 is 1.05 bits per heavy atom. The number of fused-ring (bicyclic) bond motifs is 1. The van der Waals surface area contributed by atoms with Crippen LogP contribution in [0.4, 0.5) is 0 Å². The van der Waals surface area contributed by atoms with Crippen LogP contribution in [-0.2, 0) is 8.85 Å². The van der Waals surface area contributed by atoms with E-state index in [2.05, 4.69) is 49.4 Å². The summed E-state index contributed by atoms with van der Waals surface area (Å²) in [5.74, 6) is 0. The van der Waals surface area contributed by atoms with Crippen LogP contribution in [0.5, 0.6) is 0 Å². The van der Waals surface area contributed by atoms with Crippen molar-refractivity contribution in [2.75, 3.05) is 6.61 Å². The van der Waals surface area contributed by atoms with Gasteiger partial charge in [-0.05, 0) is 29.7 Å². The van der Waals surface area contributed by atoms with Gasteiger partial charge >= 0.3 is 10.0 Å². The van der Waals surface area contributed by atoms with Crippen molar-refractivity contribution in [2.24, 2.45) is 0 Å². The maximum atomic E-state index is 6.03.